The maximum Gasteiger partial charge on any atom is 0.241 e. The van der Waals surface area contributed by atoms with E-state index in [2.05, 4.69) is 4.72 Å². The van der Waals surface area contributed by atoms with Gasteiger partial charge < -0.3 is 5.11 Å². The van der Waals surface area contributed by atoms with Gasteiger partial charge in [0.1, 0.15) is 0 Å². The lowest BCUT2D eigenvalue weighted by Gasteiger charge is -2.19. The first-order valence-electron chi connectivity index (χ1n) is 6.15. The third-order valence-corrected chi connectivity index (χ3v) is 4.64. The molecular weight excluding hydrogens is 286 g/mol. The van der Waals surface area contributed by atoms with Crippen LogP contribution in [-0.2, 0) is 10.0 Å². The van der Waals surface area contributed by atoms with E-state index in [1.54, 1.807) is 19.1 Å². The average Bonchev–Trinajstić information content (AvgIpc) is 2.30. The highest BCUT2D eigenvalue weighted by Gasteiger charge is 2.22. The molecule has 19 heavy (non-hydrogen) atoms. The van der Waals surface area contributed by atoms with Crippen LogP contribution in [0.5, 0.6) is 0 Å². The number of hydrogen-bond acceptors (Lipinski definition) is 3. The number of nitrogens with one attached hydrogen (secondary N) is 1. The Bertz CT molecular complexity index is 529. The Labute approximate surface area is 119 Å². The van der Waals surface area contributed by atoms with Crippen LogP contribution in [0.3, 0.4) is 0 Å². The van der Waals surface area contributed by atoms with E-state index in [4.69, 9.17) is 11.6 Å². The molecule has 0 heterocycles. The predicted molar refractivity (Wildman–Crippen MR) is 76.8 cm³/mol. The van der Waals surface area contributed by atoms with Crippen LogP contribution < -0.4 is 4.72 Å². The van der Waals surface area contributed by atoms with E-state index in [1.807, 2.05) is 13.8 Å². The molecule has 0 saturated heterocycles. The number of aliphatic hydroxyl groups excluding tert-OH is 1. The van der Waals surface area contributed by atoms with Crippen molar-refractivity contribution >= 4 is 21.6 Å². The molecule has 108 valence electrons. The molecule has 4 nitrogen and oxygen atoms in total. The number of hydrogen-bond donors (Lipinski definition) is 2. The summed E-state index contributed by atoms with van der Waals surface area (Å²) in [6, 6.07) is 4.24. The molecule has 0 aliphatic heterocycles. The SMILES string of the molecule is Cc1ccc(Cl)cc1S(=O)(=O)NC(CO)CC(C)C. The van der Waals surface area contributed by atoms with Crippen molar-refractivity contribution in [1.29, 1.82) is 0 Å². The predicted octanol–water partition coefficient (Wildman–Crippen LogP) is 2.33. The molecule has 6 heteroatoms. The second kappa shape index (κ2) is 6.70. The fraction of sp³-hybridized carbons (Fsp3) is 0.538. The van der Waals surface area contributed by atoms with Gasteiger partial charge in [-0.15, -0.1) is 0 Å². The summed E-state index contributed by atoms with van der Waals surface area (Å²) in [6.07, 6.45) is 0.579. The van der Waals surface area contributed by atoms with Gasteiger partial charge >= 0.3 is 0 Å². The first-order valence-corrected chi connectivity index (χ1v) is 8.01. The minimum Gasteiger partial charge on any atom is -0.395 e. The van der Waals surface area contributed by atoms with E-state index < -0.39 is 16.1 Å². The quantitative estimate of drug-likeness (QED) is 0.847. The molecule has 1 aromatic rings. The highest BCUT2D eigenvalue weighted by Crippen LogP contribution is 2.20. The van der Waals surface area contributed by atoms with Gasteiger partial charge in [-0.1, -0.05) is 31.5 Å². The van der Waals surface area contributed by atoms with E-state index >= 15 is 0 Å². The van der Waals surface area contributed by atoms with Gasteiger partial charge in [-0.05, 0) is 37.0 Å². The Morgan fingerprint density at radius 2 is 2.00 bits per heavy atom. The van der Waals surface area contributed by atoms with E-state index in [1.165, 1.54) is 6.07 Å². The fourth-order valence-corrected chi connectivity index (χ4v) is 3.62. The fourth-order valence-electron chi connectivity index (χ4n) is 1.88. The Hall–Kier alpha value is -0.620. The first kappa shape index (κ1) is 16.4. The summed E-state index contributed by atoms with van der Waals surface area (Å²) in [6.45, 7) is 5.43. The standard InChI is InChI=1S/C13H20ClNO3S/c1-9(2)6-12(8-16)15-19(17,18)13-7-11(14)5-4-10(13)3/h4-5,7,9,12,15-16H,6,8H2,1-3H3. The van der Waals surface area contributed by atoms with E-state index in [0.29, 0.717) is 22.9 Å². The number of aliphatic hydroxyl groups is 1. The summed E-state index contributed by atoms with van der Waals surface area (Å²) in [5.74, 6) is 0.292. The molecule has 0 aromatic heterocycles. The van der Waals surface area contributed by atoms with Crippen molar-refractivity contribution in [2.75, 3.05) is 6.61 Å². The van der Waals surface area contributed by atoms with Crippen LogP contribution in [0.15, 0.2) is 23.1 Å². The maximum atomic E-state index is 12.3. The van der Waals surface area contributed by atoms with Crippen molar-refractivity contribution in [3.05, 3.63) is 28.8 Å². The minimum atomic E-state index is -3.66. The lowest BCUT2D eigenvalue weighted by molar-refractivity contribution is 0.240. The van der Waals surface area contributed by atoms with Crippen LogP contribution in [0.1, 0.15) is 25.8 Å². The summed E-state index contributed by atoms with van der Waals surface area (Å²) in [5.41, 5.74) is 0.623. The third-order valence-electron chi connectivity index (χ3n) is 2.74. The van der Waals surface area contributed by atoms with Gasteiger partial charge in [0, 0.05) is 11.1 Å². The van der Waals surface area contributed by atoms with Gasteiger partial charge in [-0.25, -0.2) is 13.1 Å². The minimum absolute atomic E-state index is 0.155. The van der Waals surface area contributed by atoms with Crippen molar-refractivity contribution in [2.45, 2.75) is 38.1 Å². The largest absolute Gasteiger partial charge is 0.395 e. The molecule has 0 radical (unpaired) electrons. The van der Waals surface area contributed by atoms with Gasteiger partial charge in [0.05, 0.1) is 11.5 Å². The van der Waals surface area contributed by atoms with Gasteiger partial charge in [0.25, 0.3) is 0 Å². The molecule has 0 aliphatic rings. The second-order valence-corrected chi connectivity index (χ2v) is 7.16. The lowest BCUT2D eigenvalue weighted by Crippen LogP contribution is -2.38. The Balaban J connectivity index is 3.00. The summed E-state index contributed by atoms with van der Waals surface area (Å²) in [5, 5.41) is 9.63. The maximum absolute atomic E-state index is 12.3. The highest BCUT2D eigenvalue weighted by atomic mass is 35.5. The first-order chi connectivity index (χ1) is 8.76. The van der Waals surface area contributed by atoms with Crippen LogP contribution in [0.4, 0.5) is 0 Å². The average molecular weight is 306 g/mol. The van der Waals surface area contributed by atoms with Gasteiger partial charge in [0.15, 0.2) is 0 Å². The number of aryl methyl sites for hydroxylation is 1. The Morgan fingerprint density at radius 3 is 2.53 bits per heavy atom. The van der Waals surface area contributed by atoms with Gasteiger partial charge in [0.2, 0.25) is 10.0 Å². The van der Waals surface area contributed by atoms with Crippen molar-refractivity contribution < 1.29 is 13.5 Å². The van der Waals surface area contributed by atoms with Crippen molar-refractivity contribution in [3.8, 4) is 0 Å². The third kappa shape index (κ3) is 4.76. The Kier molecular flexibility index (Phi) is 5.80. The molecule has 1 unspecified atom stereocenters. The molecule has 2 N–H and O–H groups in total. The summed E-state index contributed by atoms with van der Waals surface area (Å²) in [4.78, 5) is 0.155. The molecule has 0 fully saturated rings. The molecule has 0 bridgehead atoms. The van der Waals surface area contributed by atoms with Gasteiger partial charge in [-0.3, -0.25) is 0 Å². The second-order valence-electron chi connectivity index (χ2n) is 5.04. The van der Waals surface area contributed by atoms with E-state index in [-0.39, 0.29) is 11.5 Å². The normalized spacial score (nSPS) is 13.8. The molecule has 1 atom stereocenters. The summed E-state index contributed by atoms with van der Waals surface area (Å²) < 4.78 is 27.1. The summed E-state index contributed by atoms with van der Waals surface area (Å²) in [7, 11) is -3.66. The van der Waals surface area contributed by atoms with Crippen LogP contribution in [-0.4, -0.2) is 26.2 Å². The zero-order valence-corrected chi connectivity index (χ0v) is 12.9. The van der Waals surface area contributed by atoms with E-state index in [9.17, 15) is 13.5 Å². The number of rotatable bonds is 6. The Morgan fingerprint density at radius 1 is 1.37 bits per heavy atom. The van der Waals surface area contributed by atoms with Crippen LogP contribution in [0, 0.1) is 12.8 Å². The number of sulfonamides is 1. The number of benzene rings is 1. The van der Waals surface area contributed by atoms with Crippen LogP contribution in [0.2, 0.25) is 5.02 Å². The topological polar surface area (TPSA) is 66.4 Å². The zero-order valence-electron chi connectivity index (χ0n) is 11.4. The highest BCUT2D eigenvalue weighted by molar-refractivity contribution is 7.89. The van der Waals surface area contributed by atoms with E-state index in [0.717, 1.165) is 0 Å². The van der Waals surface area contributed by atoms with Crippen LogP contribution in [0.25, 0.3) is 0 Å². The molecule has 0 amide bonds. The van der Waals surface area contributed by atoms with Crippen molar-refractivity contribution in [2.24, 2.45) is 5.92 Å². The van der Waals surface area contributed by atoms with Crippen molar-refractivity contribution in [1.82, 2.24) is 4.72 Å². The molecular formula is C13H20ClNO3S. The molecule has 0 saturated carbocycles. The smallest absolute Gasteiger partial charge is 0.241 e. The van der Waals surface area contributed by atoms with Gasteiger partial charge in [-0.2, -0.15) is 0 Å². The summed E-state index contributed by atoms with van der Waals surface area (Å²) >= 11 is 5.84. The molecule has 0 spiro atoms. The molecule has 1 aromatic carbocycles. The zero-order chi connectivity index (χ0) is 14.6. The monoisotopic (exact) mass is 305 g/mol. The van der Waals surface area contributed by atoms with Crippen LogP contribution >= 0.6 is 11.6 Å². The molecule has 0 aliphatic carbocycles. The number of halogens is 1. The lowest BCUT2D eigenvalue weighted by atomic mass is 10.1. The van der Waals surface area contributed by atoms with Crippen molar-refractivity contribution in [3.63, 3.8) is 0 Å². The molecule has 1 rings (SSSR count).